The molecule has 0 N–H and O–H groups in total. The van der Waals surface area contributed by atoms with E-state index in [2.05, 4.69) is 46.4 Å². The number of rotatable bonds is 2. The Morgan fingerprint density at radius 2 is 1.37 bits per heavy atom. The fourth-order valence-electron chi connectivity index (χ4n) is 3.27. The van der Waals surface area contributed by atoms with Gasteiger partial charge in [0.25, 0.3) is 0 Å². The van der Waals surface area contributed by atoms with Crippen LogP contribution in [-0.2, 0) is 0 Å². The van der Waals surface area contributed by atoms with Crippen molar-refractivity contribution in [2.24, 2.45) is 0 Å². The summed E-state index contributed by atoms with van der Waals surface area (Å²) in [4.78, 5) is 8.98. The predicted octanol–water partition coefficient (Wildman–Crippen LogP) is 7.49. The zero-order valence-electron chi connectivity index (χ0n) is 14.0. The highest BCUT2D eigenvalue weighted by atomic mass is 35.5. The zero-order chi connectivity index (χ0) is 18.4. The molecule has 0 aliphatic carbocycles. The van der Waals surface area contributed by atoms with Gasteiger partial charge in [0.15, 0.2) is 0 Å². The molecule has 0 aliphatic heterocycles. The summed E-state index contributed by atoms with van der Waals surface area (Å²) in [5.41, 5.74) is 5.00. The smallest absolute Gasteiger partial charge is 0.216 e. The van der Waals surface area contributed by atoms with Crippen molar-refractivity contribution in [3.8, 4) is 22.4 Å². The van der Waals surface area contributed by atoms with E-state index in [1.54, 1.807) is 11.3 Å². The fraction of sp³-hybridized carbons (Fsp3) is 0. The Labute approximate surface area is 170 Å². The van der Waals surface area contributed by atoms with E-state index in [0.717, 1.165) is 37.1 Å². The van der Waals surface area contributed by atoms with Gasteiger partial charge in [0.05, 0.1) is 20.9 Å². The lowest BCUT2D eigenvalue weighted by Crippen LogP contribution is -1.89. The van der Waals surface area contributed by atoms with Gasteiger partial charge in [0, 0.05) is 15.6 Å². The maximum absolute atomic E-state index is 6.42. The van der Waals surface area contributed by atoms with Crippen LogP contribution in [0.3, 0.4) is 0 Å². The van der Waals surface area contributed by atoms with Gasteiger partial charge in [-0.2, -0.15) is 0 Å². The number of fused-ring (bicyclic) bond motifs is 3. The van der Waals surface area contributed by atoms with Gasteiger partial charge in [-0.3, -0.25) is 0 Å². The zero-order valence-corrected chi connectivity index (χ0v) is 16.3. The second-order valence-electron chi connectivity index (χ2n) is 6.18. The molecule has 0 saturated heterocycles. The lowest BCUT2D eigenvalue weighted by Gasteiger charge is -2.06. The van der Waals surface area contributed by atoms with Gasteiger partial charge in [-0.15, -0.1) is 11.3 Å². The molecule has 0 aliphatic rings. The molecule has 2 nitrogen and oxygen atoms in total. The van der Waals surface area contributed by atoms with Gasteiger partial charge in [-0.25, -0.2) is 9.97 Å². The first-order chi connectivity index (χ1) is 13.2. The van der Waals surface area contributed by atoms with E-state index >= 15 is 0 Å². The molecule has 2 aromatic heterocycles. The number of hydrogen-bond donors (Lipinski definition) is 0. The third kappa shape index (κ3) is 2.88. The van der Waals surface area contributed by atoms with Crippen LogP contribution in [0.25, 0.3) is 42.7 Å². The number of hydrogen-bond acceptors (Lipinski definition) is 3. The summed E-state index contributed by atoms with van der Waals surface area (Å²) < 4.78 is 2.08. The first-order valence-electron chi connectivity index (χ1n) is 8.41. The fourth-order valence-corrected chi connectivity index (χ4v) is 4.93. The van der Waals surface area contributed by atoms with E-state index in [1.807, 2.05) is 36.4 Å². The molecule has 0 radical (unpaired) electrons. The maximum Gasteiger partial charge on any atom is 0.223 e. The molecule has 0 fully saturated rings. The van der Waals surface area contributed by atoms with E-state index in [-0.39, 0.29) is 5.28 Å². The second-order valence-corrected chi connectivity index (χ2v) is 7.97. The molecule has 5 rings (SSSR count). The predicted molar refractivity (Wildman–Crippen MR) is 116 cm³/mol. The van der Waals surface area contributed by atoms with Crippen LogP contribution in [0, 0.1) is 0 Å². The first-order valence-corrected chi connectivity index (χ1v) is 9.98. The minimum atomic E-state index is 0.226. The van der Waals surface area contributed by atoms with Crippen LogP contribution in [0.15, 0.2) is 72.8 Å². The van der Waals surface area contributed by atoms with Gasteiger partial charge in [0.1, 0.15) is 0 Å². The molecular formula is C22H12Cl2N2S. The molecule has 0 amide bonds. The van der Waals surface area contributed by atoms with Crippen LogP contribution in [-0.4, -0.2) is 9.97 Å². The van der Waals surface area contributed by atoms with Crippen molar-refractivity contribution < 1.29 is 0 Å². The van der Waals surface area contributed by atoms with Gasteiger partial charge in [-0.05, 0) is 34.9 Å². The Morgan fingerprint density at radius 3 is 2.15 bits per heavy atom. The Bertz CT molecular complexity index is 1280. The largest absolute Gasteiger partial charge is 0.223 e. The number of benzene rings is 3. The summed E-state index contributed by atoms with van der Waals surface area (Å²) in [6.07, 6.45) is 0. The van der Waals surface area contributed by atoms with Crippen LogP contribution in [0.4, 0.5) is 0 Å². The highest BCUT2D eigenvalue weighted by molar-refractivity contribution is 7.26. The summed E-state index contributed by atoms with van der Waals surface area (Å²) >= 11 is 14.3. The molecular weight excluding hydrogens is 395 g/mol. The Morgan fingerprint density at radius 1 is 0.667 bits per heavy atom. The normalized spacial score (nSPS) is 11.3. The summed E-state index contributed by atoms with van der Waals surface area (Å²) in [5.74, 6) is 0. The number of nitrogens with zero attached hydrogens (tertiary/aromatic N) is 2. The van der Waals surface area contributed by atoms with Crippen molar-refractivity contribution >= 4 is 54.8 Å². The van der Waals surface area contributed by atoms with Gasteiger partial charge in [0.2, 0.25) is 5.28 Å². The summed E-state index contributed by atoms with van der Waals surface area (Å²) in [7, 11) is 0. The van der Waals surface area contributed by atoms with Crippen molar-refractivity contribution in [2.75, 3.05) is 0 Å². The van der Waals surface area contributed by atoms with Crippen LogP contribution >= 0.6 is 34.5 Å². The number of halogens is 2. The highest BCUT2D eigenvalue weighted by Gasteiger charge is 2.16. The molecule has 27 heavy (non-hydrogen) atoms. The van der Waals surface area contributed by atoms with Crippen molar-refractivity contribution in [1.82, 2.24) is 9.97 Å². The van der Waals surface area contributed by atoms with Crippen molar-refractivity contribution in [1.29, 1.82) is 0 Å². The van der Waals surface area contributed by atoms with E-state index in [4.69, 9.17) is 23.2 Å². The monoisotopic (exact) mass is 406 g/mol. The van der Waals surface area contributed by atoms with E-state index in [1.165, 1.54) is 5.56 Å². The number of thiophene rings is 1. The van der Waals surface area contributed by atoms with Crippen LogP contribution in [0.2, 0.25) is 10.3 Å². The minimum Gasteiger partial charge on any atom is -0.216 e. The second kappa shape index (κ2) is 6.61. The Balaban J connectivity index is 1.71. The van der Waals surface area contributed by atoms with Gasteiger partial charge >= 0.3 is 0 Å². The van der Waals surface area contributed by atoms with Crippen LogP contribution in [0.5, 0.6) is 0 Å². The summed E-state index contributed by atoms with van der Waals surface area (Å²) in [5, 5.41) is 1.84. The van der Waals surface area contributed by atoms with Crippen molar-refractivity contribution in [3.05, 3.63) is 83.1 Å². The first kappa shape index (κ1) is 16.7. The topological polar surface area (TPSA) is 25.8 Å². The third-order valence-corrected chi connectivity index (χ3v) is 6.16. The maximum atomic E-state index is 6.42. The molecule has 2 heterocycles. The van der Waals surface area contributed by atoms with Gasteiger partial charge in [-0.1, -0.05) is 72.3 Å². The molecule has 3 aromatic carbocycles. The van der Waals surface area contributed by atoms with Crippen molar-refractivity contribution in [2.45, 2.75) is 0 Å². The molecule has 5 heteroatoms. The summed E-state index contributed by atoms with van der Waals surface area (Å²) in [6, 6.07) is 24.5. The average Bonchev–Trinajstić information content (AvgIpc) is 3.08. The molecule has 5 aromatic rings. The van der Waals surface area contributed by atoms with E-state index in [9.17, 15) is 0 Å². The van der Waals surface area contributed by atoms with Crippen molar-refractivity contribution in [3.63, 3.8) is 0 Å². The quantitative estimate of drug-likeness (QED) is 0.283. The molecule has 0 unspecified atom stereocenters. The molecule has 130 valence electrons. The lowest BCUT2D eigenvalue weighted by molar-refractivity contribution is 1.24. The van der Waals surface area contributed by atoms with E-state index in [0.29, 0.717) is 5.02 Å². The van der Waals surface area contributed by atoms with Crippen LogP contribution in [0.1, 0.15) is 0 Å². The van der Waals surface area contributed by atoms with Gasteiger partial charge < -0.3 is 0 Å². The molecule has 0 saturated carbocycles. The molecule has 0 atom stereocenters. The lowest BCUT2D eigenvalue weighted by atomic mass is 10.0. The Kier molecular flexibility index (Phi) is 4.09. The SMILES string of the molecule is Clc1nc(-c2ccc(-c3ccccc3)cc2)c2sc3cccc(Cl)c3c2n1. The third-order valence-electron chi connectivity index (χ3n) is 4.53. The minimum absolute atomic E-state index is 0.226. The molecule has 0 spiro atoms. The van der Waals surface area contributed by atoms with Crippen LogP contribution < -0.4 is 0 Å². The molecule has 0 bridgehead atoms. The highest BCUT2D eigenvalue weighted by Crippen LogP contribution is 2.41. The summed E-state index contributed by atoms with van der Waals surface area (Å²) in [6.45, 7) is 0. The Hall–Kier alpha value is -2.46. The standard InChI is InChI=1S/C22H12Cl2N2S/c23-16-7-4-8-17-18(16)20-21(27-17)19(25-22(24)26-20)15-11-9-14(10-12-15)13-5-2-1-3-6-13/h1-12H. The number of aromatic nitrogens is 2. The average molecular weight is 407 g/mol. The van der Waals surface area contributed by atoms with E-state index < -0.39 is 0 Å².